The van der Waals surface area contributed by atoms with E-state index in [9.17, 15) is 4.79 Å². The number of hydrogen-bond acceptors (Lipinski definition) is 2. The molecular formula is C17H26N2O. The van der Waals surface area contributed by atoms with Crippen LogP contribution >= 0.6 is 0 Å². The maximum Gasteiger partial charge on any atom is 0.225 e. The second kappa shape index (κ2) is 6.89. The molecule has 0 bridgehead atoms. The number of carbonyl (C=O) groups excluding carboxylic acids is 1. The Morgan fingerprint density at radius 2 is 2.00 bits per heavy atom. The van der Waals surface area contributed by atoms with Gasteiger partial charge in [-0.3, -0.25) is 4.79 Å². The molecule has 1 aliphatic heterocycles. The lowest BCUT2D eigenvalue weighted by Gasteiger charge is -2.30. The minimum absolute atomic E-state index is 0.119. The van der Waals surface area contributed by atoms with E-state index in [0.717, 1.165) is 31.2 Å². The maximum absolute atomic E-state index is 12.0. The monoisotopic (exact) mass is 274 g/mol. The fourth-order valence-corrected chi connectivity index (χ4v) is 3.02. The maximum atomic E-state index is 12.0. The van der Waals surface area contributed by atoms with E-state index in [1.54, 1.807) is 0 Å². The molecule has 1 amide bonds. The van der Waals surface area contributed by atoms with Gasteiger partial charge in [0.2, 0.25) is 5.91 Å². The molecule has 0 aliphatic carbocycles. The van der Waals surface area contributed by atoms with Crippen LogP contribution in [-0.2, 0) is 4.79 Å². The number of nitrogens with zero attached hydrogens (tertiary/aromatic N) is 1. The minimum atomic E-state index is 0.119. The zero-order valence-electron chi connectivity index (χ0n) is 12.9. The summed E-state index contributed by atoms with van der Waals surface area (Å²) in [6.45, 7) is 9.55. The van der Waals surface area contributed by atoms with Crippen LogP contribution in [0.15, 0.2) is 18.2 Å². The molecule has 0 aromatic heterocycles. The summed E-state index contributed by atoms with van der Waals surface area (Å²) in [5.74, 6) is 0.888. The van der Waals surface area contributed by atoms with Crippen molar-refractivity contribution in [3.63, 3.8) is 0 Å². The van der Waals surface area contributed by atoms with Crippen molar-refractivity contribution in [1.82, 2.24) is 4.90 Å². The predicted molar refractivity (Wildman–Crippen MR) is 84.0 cm³/mol. The van der Waals surface area contributed by atoms with Gasteiger partial charge in [0.1, 0.15) is 0 Å². The fourth-order valence-electron chi connectivity index (χ4n) is 3.02. The van der Waals surface area contributed by atoms with Crippen molar-refractivity contribution in [3.8, 4) is 0 Å². The van der Waals surface area contributed by atoms with Gasteiger partial charge in [-0.1, -0.05) is 13.0 Å². The zero-order chi connectivity index (χ0) is 14.5. The molecule has 1 atom stereocenters. The van der Waals surface area contributed by atoms with E-state index in [1.165, 1.54) is 24.0 Å². The van der Waals surface area contributed by atoms with Gasteiger partial charge in [-0.15, -0.1) is 0 Å². The molecule has 3 nitrogen and oxygen atoms in total. The number of hydrogen-bond donors (Lipinski definition) is 1. The van der Waals surface area contributed by atoms with Crippen molar-refractivity contribution in [1.29, 1.82) is 0 Å². The van der Waals surface area contributed by atoms with E-state index in [1.807, 2.05) is 12.1 Å². The number of likely N-dealkylation sites (tertiary alicyclic amines) is 1. The van der Waals surface area contributed by atoms with Crippen molar-refractivity contribution in [2.75, 3.05) is 25.0 Å². The molecular weight excluding hydrogens is 248 g/mol. The van der Waals surface area contributed by atoms with E-state index in [-0.39, 0.29) is 5.91 Å². The molecule has 0 saturated carbocycles. The second-order valence-corrected chi connectivity index (χ2v) is 6.22. The normalized spacial score (nSPS) is 19.9. The van der Waals surface area contributed by atoms with Crippen LogP contribution in [-0.4, -0.2) is 30.4 Å². The zero-order valence-corrected chi connectivity index (χ0v) is 12.9. The molecule has 0 spiro atoms. The molecule has 1 N–H and O–H groups in total. The van der Waals surface area contributed by atoms with Crippen LogP contribution in [0.5, 0.6) is 0 Å². The number of nitrogens with one attached hydrogen (secondary N) is 1. The van der Waals surface area contributed by atoms with Gasteiger partial charge in [-0.25, -0.2) is 0 Å². The van der Waals surface area contributed by atoms with Crippen LogP contribution < -0.4 is 5.32 Å². The second-order valence-electron chi connectivity index (χ2n) is 6.22. The van der Waals surface area contributed by atoms with Gasteiger partial charge in [0.05, 0.1) is 0 Å². The molecule has 20 heavy (non-hydrogen) atoms. The van der Waals surface area contributed by atoms with Gasteiger partial charge < -0.3 is 10.2 Å². The first kappa shape index (κ1) is 15.0. The highest BCUT2D eigenvalue weighted by molar-refractivity contribution is 5.91. The van der Waals surface area contributed by atoms with E-state index in [4.69, 9.17) is 0 Å². The first-order valence-electron chi connectivity index (χ1n) is 7.63. The third-order valence-corrected chi connectivity index (χ3v) is 3.90. The average molecular weight is 274 g/mol. The average Bonchev–Trinajstić information content (AvgIpc) is 2.35. The molecule has 1 aromatic carbocycles. The summed E-state index contributed by atoms with van der Waals surface area (Å²) in [6, 6.07) is 6.16. The highest BCUT2D eigenvalue weighted by atomic mass is 16.1. The van der Waals surface area contributed by atoms with Crippen molar-refractivity contribution >= 4 is 11.6 Å². The molecule has 1 heterocycles. The van der Waals surface area contributed by atoms with Crippen molar-refractivity contribution in [3.05, 3.63) is 29.3 Å². The number of benzene rings is 1. The van der Waals surface area contributed by atoms with E-state index in [0.29, 0.717) is 6.42 Å². The van der Waals surface area contributed by atoms with Crippen LogP contribution in [0, 0.1) is 19.8 Å². The van der Waals surface area contributed by atoms with Gasteiger partial charge in [0.15, 0.2) is 0 Å². The van der Waals surface area contributed by atoms with Crippen LogP contribution in [0.4, 0.5) is 5.69 Å². The highest BCUT2D eigenvalue weighted by Gasteiger charge is 2.16. The van der Waals surface area contributed by atoms with E-state index >= 15 is 0 Å². The topological polar surface area (TPSA) is 32.3 Å². The summed E-state index contributed by atoms with van der Waals surface area (Å²) in [7, 11) is 0. The number of aryl methyl sites for hydroxylation is 2. The molecule has 1 saturated heterocycles. The Morgan fingerprint density at radius 3 is 2.65 bits per heavy atom. The standard InChI is InChI=1S/C17H26N2O/c1-13-5-4-7-19(12-13)8-6-17(20)18-16-10-14(2)9-15(3)11-16/h9-11,13H,4-8,12H2,1-3H3,(H,18,20)/t13-/m1/s1. The Kier molecular flexibility index (Phi) is 5.18. The third-order valence-electron chi connectivity index (χ3n) is 3.90. The van der Waals surface area contributed by atoms with Gasteiger partial charge in [0, 0.05) is 25.2 Å². The largest absolute Gasteiger partial charge is 0.326 e. The molecule has 110 valence electrons. The summed E-state index contributed by atoms with van der Waals surface area (Å²) < 4.78 is 0. The molecule has 1 fully saturated rings. The van der Waals surface area contributed by atoms with Crippen molar-refractivity contribution in [2.45, 2.75) is 40.0 Å². The Labute approximate surface area is 122 Å². The molecule has 1 aliphatic rings. The number of rotatable bonds is 4. The van der Waals surface area contributed by atoms with E-state index < -0.39 is 0 Å². The molecule has 1 aromatic rings. The van der Waals surface area contributed by atoms with E-state index in [2.05, 4.69) is 37.1 Å². The summed E-state index contributed by atoms with van der Waals surface area (Å²) in [6.07, 6.45) is 3.17. The Bertz CT molecular complexity index is 450. The molecule has 0 radical (unpaired) electrons. The van der Waals surface area contributed by atoms with Crippen LogP contribution in [0.25, 0.3) is 0 Å². The number of amides is 1. The van der Waals surface area contributed by atoms with Crippen LogP contribution in [0.3, 0.4) is 0 Å². The highest BCUT2D eigenvalue weighted by Crippen LogP contribution is 2.16. The summed E-state index contributed by atoms with van der Waals surface area (Å²) in [5.41, 5.74) is 3.29. The van der Waals surface area contributed by atoms with Gasteiger partial charge in [-0.05, 0) is 62.4 Å². The smallest absolute Gasteiger partial charge is 0.225 e. The lowest BCUT2D eigenvalue weighted by atomic mass is 10.0. The molecule has 2 rings (SSSR count). The van der Waals surface area contributed by atoms with Crippen LogP contribution in [0.1, 0.15) is 37.3 Å². The summed E-state index contributed by atoms with van der Waals surface area (Å²) in [4.78, 5) is 14.4. The van der Waals surface area contributed by atoms with Gasteiger partial charge in [-0.2, -0.15) is 0 Å². The quantitative estimate of drug-likeness (QED) is 0.913. The molecule has 3 heteroatoms. The first-order valence-corrected chi connectivity index (χ1v) is 7.63. The number of anilines is 1. The predicted octanol–water partition coefficient (Wildman–Crippen LogP) is 3.36. The minimum Gasteiger partial charge on any atom is -0.326 e. The van der Waals surface area contributed by atoms with Crippen LogP contribution in [0.2, 0.25) is 0 Å². The SMILES string of the molecule is Cc1cc(C)cc(NC(=O)CCN2CCC[C@@H](C)C2)c1. The molecule has 0 unspecified atom stereocenters. The van der Waals surface area contributed by atoms with Gasteiger partial charge >= 0.3 is 0 Å². The van der Waals surface area contributed by atoms with Crippen molar-refractivity contribution in [2.24, 2.45) is 5.92 Å². The number of piperidine rings is 1. The lowest BCUT2D eigenvalue weighted by Crippen LogP contribution is -2.36. The Balaban J connectivity index is 1.80. The third kappa shape index (κ3) is 4.64. The fraction of sp³-hybridized carbons (Fsp3) is 0.588. The van der Waals surface area contributed by atoms with Crippen molar-refractivity contribution < 1.29 is 4.79 Å². The Hall–Kier alpha value is -1.35. The summed E-state index contributed by atoms with van der Waals surface area (Å²) in [5, 5.41) is 3.01. The number of carbonyl (C=O) groups is 1. The summed E-state index contributed by atoms with van der Waals surface area (Å²) >= 11 is 0. The van der Waals surface area contributed by atoms with Gasteiger partial charge in [0.25, 0.3) is 0 Å². The Morgan fingerprint density at radius 1 is 1.30 bits per heavy atom. The lowest BCUT2D eigenvalue weighted by molar-refractivity contribution is -0.116. The first-order chi connectivity index (χ1) is 9.52.